The summed E-state index contributed by atoms with van der Waals surface area (Å²) in [5, 5.41) is 12.3. The fourth-order valence-electron chi connectivity index (χ4n) is 3.22. The average molecular weight is 664 g/mol. The smallest absolute Gasteiger partial charge is 0.266 e. The molecule has 0 bridgehead atoms. The number of nitrogens with zero attached hydrogens (tertiary/aromatic N) is 1. The van der Waals surface area contributed by atoms with E-state index in [0.717, 1.165) is 35.3 Å². The fraction of sp³-hybridized carbons (Fsp3) is 0.120. The van der Waals surface area contributed by atoms with E-state index in [1.165, 1.54) is 0 Å². The molecule has 0 saturated carbocycles. The van der Waals surface area contributed by atoms with Crippen LogP contribution in [0.1, 0.15) is 16.7 Å². The first-order valence-corrected chi connectivity index (χ1v) is 12.1. The van der Waals surface area contributed by atoms with Gasteiger partial charge in [0, 0.05) is 5.69 Å². The number of aryl methyl sites for hydroxylation is 1. The van der Waals surface area contributed by atoms with E-state index in [9.17, 15) is 10.1 Å². The van der Waals surface area contributed by atoms with Gasteiger partial charge in [-0.25, -0.2) is 0 Å². The number of halogens is 2. The van der Waals surface area contributed by atoms with Crippen molar-refractivity contribution in [2.24, 2.45) is 0 Å². The summed E-state index contributed by atoms with van der Waals surface area (Å²) in [6.45, 7) is 2.55. The van der Waals surface area contributed by atoms with Gasteiger partial charge in [-0.05, 0) is 111 Å². The van der Waals surface area contributed by atoms with Crippen LogP contribution in [0.25, 0.3) is 6.08 Å². The first kappa shape index (κ1) is 23.4. The molecule has 0 saturated heterocycles. The van der Waals surface area contributed by atoms with Crippen molar-refractivity contribution in [3.8, 4) is 23.3 Å². The Morgan fingerprint density at radius 3 is 2.61 bits per heavy atom. The lowest BCUT2D eigenvalue weighted by molar-refractivity contribution is -0.112. The monoisotopic (exact) mass is 664 g/mol. The van der Waals surface area contributed by atoms with Crippen molar-refractivity contribution in [2.45, 2.75) is 13.5 Å². The summed E-state index contributed by atoms with van der Waals surface area (Å²) < 4.78 is 18.6. The number of carbonyl (C=O) groups is 1. The van der Waals surface area contributed by atoms with Gasteiger partial charge in [0.05, 0.1) is 7.14 Å². The number of rotatable bonds is 6. The van der Waals surface area contributed by atoms with Gasteiger partial charge in [0.25, 0.3) is 5.91 Å². The lowest BCUT2D eigenvalue weighted by Gasteiger charge is -2.12. The molecule has 1 aliphatic rings. The third-order valence-corrected chi connectivity index (χ3v) is 6.40. The Balaban J connectivity index is 1.49. The Morgan fingerprint density at radius 1 is 1.12 bits per heavy atom. The molecule has 1 amide bonds. The van der Waals surface area contributed by atoms with Gasteiger partial charge in [-0.1, -0.05) is 18.2 Å². The van der Waals surface area contributed by atoms with Crippen LogP contribution < -0.4 is 19.5 Å². The molecule has 1 heterocycles. The molecule has 1 N–H and O–H groups in total. The first-order valence-electron chi connectivity index (χ1n) is 9.93. The Bertz CT molecular complexity index is 1270. The van der Waals surface area contributed by atoms with Gasteiger partial charge in [-0.3, -0.25) is 4.79 Å². The second-order valence-corrected chi connectivity index (χ2v) is 9.61. The van der Waals surface area contributed by atoms with Crippen LogP contribution in [0.4, 0.5) is 5.69 Å². The van der Waals surface area contributed by atoms with Crippen molar-refractivity contribution in [1.82, 2.24) is 0 Å². The van der Waals surface area contributed by atoms with Crippen molar-refractivity contribution in [2.75, 3.05) is 12.1 Å². The lowest BCUT2D eigenvalue weighted by Crippen LogP contribution is -2.13. The second-order valence-electron chi connectivity index (χ2n) is 7.28. The number of hydrogen-bond donors (Lipinski definition) is 1. The molecule has 1 aliphatic heterocycles. The molecule has 3 aromatic carbocycles. The van der Waals surface area contributed by atoms with Crippen LogP contribution in [0, 0.1) is 25.4 Å². The molecule has 6 nitrogen and oxygen atoms in total. The number of fused-ring (bicyclic) bond motifs is 1. The van der Waals surface area contributed by atoms with Crippen molar-refractivity contribution < 1.29 is 19.0 Å². The number of ether oxygens (including phenoxy) is 3. The standard InChI is InChI=1S/C25H18I2N2O4/c1-15-3-2-4-19(7-15)29-25(30)18(12-28)8-17-9-20(26)24(21(27)10-17)31-13-16-5-6-22-23(11-16)33-14-32-22/h2-11H,13-14H2,1H3,(H,29,30)/b18-8-. The highest BCUT2D eigenvalue weighted by Gasteiger charge is 2.15. The zero-order valence-corrected chi connectivity index (χ0v) is 21.8. The highest BCUT2D eigenvalue weighted by molar-refractivity contribution is 14.1. The van der Waals surface area contributed by atoms with E-state index in [2.05, 4.69) is 50.5 Å². The van der Waals surface area contributed by atoms with Crippen LogP contribution in [0.2, 0.25) is 0 Å². The summed E-state index contributed by atoms with van der Waals surface area (Å²) in [4.78, 5) is 12.6. The van der Waals surface area contributed by atoms with Gasteiger partial charge in [-0.15, -0.1) is 0 Å². The largest absolute Gasteiger partial charge is 0.487 e. The number of carbonyl (C=O) groups excluding carboxylic acids is 1. The lowest BCUT2D eigenvalue weighted by atomic mass is 10.1. The summed E-state index contributed by atoms with van der Waals surface area (Å²) >= 11 is 4.39. The van der Waals surface area contributed by atoms with Gasteiger partial charge in [0.15, 0.2) is 11.5 Å². The molecule has 0 unspecified atom stereocenters. The summed E-state index contributed by atoms with van der Waals surface area (Å²) in [5.74, 6) is 1.75. The highest BCUT2D eigenvalue weighted by Crippen LogP contribution is 2.34. The summed E-state index contributed by atoms with van der Waals surface area (Å²) in [6, 6.07) is 18.9. The van der Waals surface area contributed by atoms with Crippen molar-refractivity contribution in [1.29, 1.82) is 5.26 Å². The summed E-state index contributed by atoms with van der Waals surface area (Å²) in [6.07, 6.45) is 1.58. The number of amides is 1. The molecule has 0 aliphatic carbocycles. The SMILES string of the molecule is Cc1cccc(NC(=O)/C(C#N)=C\c2cc(I)c(OCc3ccc4c(c3)OCO4)c(I)c2)c1. The molecule has 3 aromatic rings. The third-order valence-electron chi connectivity index (χ3n) is 4.79. The van der Waals surface area contributed by atoms with Crippen LogP contribution in [-0.4, -0.2) is 12.7 Å². The predicted octanol–water partition coefficient (Wildman–Crippen LogP) is 6.06. The van der Waals surface area contributed by atoms with E-state index < -0.39 is 5.91 Å². The second kappa shape index (κ2) is 10.4. The zero-order valence-electron chi connectivity index (χ0n) is 17.5. The van der Waals surface area contributed by atoms with Crippen LogP contribution in [0.5, 0.6) is 17.2 Å². The zero-order chi connectivity index (χ0) is 23.4. The Kier molecular flexibility index (Phi) is 7.39. The molecular formula is C25H18I2N2O4. The van der Waals surface area contributed by atoms with E-state index >= 15 is 0 Å². The molecule has 0 radical (unpaired) electrons. The molecule has 0 aromatic heterocycles. The topological polar surface area (TPSA) is 80.6 Å². The Morgan fingerprint density at radius 2 is 1.88 bits per heavy atom. The highest BCUT2D eigenvalue weighted by atomic mass is 127. The molecule has 0 spiro atoms. The first-order chi connectivity index (χ1) is 15.9. The normalized spacial score (nSPS) is 12.2. The van der Waals surface area contributed by atoms with Gasteiger partial charge in [-0.2, -0.15) is 5.26 Å². The Labute approximate surface area is 218 Å². The summed E-state index contributed by atoms with van der Waals surface area (Å²) in [5.41, 5.74) is 3.41. The van der Waals surface area contributed by atoms with Crippen LogP contribution in [-0.2, 0) is 11.4 Å². The minimum absolute atomic E-state index is 0.0251. The maximum Gasteiger partial charge on any atom is 0.266 e. The predicted molar refractivity (Wildman–Crippen MR) is 142 cm³/mol. The van der Waals surface area contributed by atoms with Gasteiger partial charge < -0.3 is 19.5 Å². The molecule has 8 heteroatoms. The van der Waals surface area contributed by atoms with Gasteiger partial charge in [0.2, 0.25) is 6.79 Å². The molecule has 4 rings (SSSR count). The molecule has 0 atom stereocenters. The van der Waals surface area contributed by atoms with Crippen LogP contribution >= 0.6 is 45.2 Å². The van der Waals surface area contributed by atoms with Crippen LogP contribution in [0.3, 0.4) is 0 Å². The number of nitrogens with one attached hydrogen (secondary N) is 1. The van der Waals surface area contributed by atoms with Crippen molar-refractivity contribution >= 4 is 62.9 Å². The van der Waals surface area contributed by atoms with Crippen LogP contribution in [0.15, 0.2) is 60.2 Å². The number of nitriles is 1. The maximum absolute atomic E-state index is 12.6. The van der Waals surface area contributed by atoms with Gasteiger partial charge >= 0.3 is 0 Å². The van der Waals surface area contributed by atoms with E-state index in [4.69, 9.17) is 14.2 Å². The van der Waals surface area contributed by atoms with E-state index in [-0.39, 0.29) is 12.4 Å². The van der Waals surface area contributed by atoms with E-state index in [1.54, 1.807) is 12.1 Å². The number of hydrogen-bond acceptors (Lipinski definition) is 5. The Hall–Kier alpha value is -2.78. The molecule has 0 fully saturated rings. The fourth-order valence-corrected chi connectivity index (χ4v) is 5.35. The van der Waals surface area contributed by atoms with Crippen molar-refractivity contribution in [3.05, 3.63) is 84.0 Å². The number of benzene rings is 3. The molecule has 166 valence electrons. The third kappa shape index (κ3) is 5.78. The summed E-state index contributed by atoms with van der Waals surface area (Å²) in [7, 11) is 0. The quantitative estimate of drug-likeness (QED) is 0.197. The average Bonchev–Trinajstić information content (AvgIpc) is 3.25. The molecule has 33 heavy (non-hydrogen) atoms. The maximum atomic E-state index is 12.6. The minimum Gasteiger partial charge on any atom is -0.487 e. The van der Waals surface area contributed by atoms with E-state index in [1.807, 2.05) is 61.5 Å². The molecular weight excluding hydrogens is 646 g/mol. The number of anilines is 1. The minimum atomic E-state index is -0.448. The van der Waals surface area contributed by atoms with Crippen molar-refractivity contribution in [3.63, 3.8) is 0 Å². The van der Waals surface area contributed by atoms with Gasteiger partial charge in [0.1, 0.15) is 24.0 Å². The van der Waals surface area contributed by atoms with E-state index in [0.29, 0.717) is 18.0 Å².